The molecule has 7 atom stereocenters. The zero-order chi connectivity index (χ0) is 49.9. The van der Waals surface area contributed by atoms with Crippen molar-refractivity contribution in [2.45, 2.75) is 96.0 Å². The molecule has 3 heterocycles. The molecule has 0 saturated carbocycles. The summed E-state index contributed by atoms with van der Waals surface area (Å²) in [5.41, 5.74) is -0.750. The van der Waals surface area contributed by atoms with Gasteiger partial charge in [-0.25, -0.2) is 24.4 Å². The van der Waals surface area contributed by atoms with Crippen LogP contribution in [0.3, 0.4) is 0 Å². The monoisotopic (exact) mass is 982 g/mol. The molecule has 7 rings (SSSR count). The lowest BCUT2D eigenvalue weighted by atomic mass is 9.81. The van der Waals surface area contributed by atoms with Gasteiger partial charge in [-0.3, -0.25) is 0 Å². The van der Waals surface area contributed by atoms with Gasteiger partial charge in [0.2, 0.25) is 18.5 Å². The Labute approximate surface area is 409 Å². The number of aliphatic hydroxyl groups is 6. The van der Waals surface area contributed by atoms with Crippen LogP contribution in [-0.4, -0.2) is 129 Å². The lowest BCUT2D eigenvalue weighted by Crippen LogP contribution is -2.61. The summed E-state index contributed by atoms with van der Waals surface area (Å²) in [7, 11) is 1.34. The average Bonchev–Trinajstić information content (AvgIpc) is 3.36. The molecular weight excluding hydrogens is 925 g/mol. The van der Waals surface area contributed by atoms with Crippen LogP contribution in [0.1, 0.15) is 59.9 Å². The number of carbonyl (C=O) groups excluding carboxylic acids is 1. The molecule has 0 amide bonds. The first-order valence-electron chi connectivity index (χ1n) is 21.2. The normalized spacial score (nSPS) is 18.4. The maximum atomic E-state index is 14.0. The molecule has 1 saturated heterocycles. The van der Waals surface area contributed by atoms with E-state index in [1.165, 1.54) is 13.2 Å². The number of rotatable bonds is 17. The molecule has 71 heavy (non-hydrogen) atoms. The van der Waals surface area contributed by atoms with E-state index < -0.39 is 78.6 Å². The van der Waals surface area contributed by atoms with Crippen LogP contribution in [0.5, 0.6) is 12.0 Å². The van der Waals surface area contributed by atoms with Crippen molar-refractivity contribution in [3.63, 3.8) is 0 Å². The molecule has 378 valence electrons. The number of esters is 1. The zero-order valence-corrected chi connectivity index (χ0v) is 37.3. The van der Waals surface area contributed by atoms with Crippen LogP contribution in [-0.2, 0) is 53.0 Å². The van der Waals surface area contributed by atoms with Crippen LogP contribution < -0.4 is 9.47 Å². The number of benzene rings is 4. The first-order valence-corrected chi connectivity index (χ1v) is 21.2. The van der Waals surface area contributed by atoms with Gasteiger partial charge in [-0.15, -0.1) is 0 Å². The minimum absolute atomic E-state index is 0. The Balaban J connectivity index is 0.000000320. The summed E-state index contributed by atoms with van der Waals surface area (Å²) in [6.45, 7) is 2.51. The summed E-state index contributed by atoms with van der Waals surface area (Å²) in [6, 6.07) is 36.5. The number of aliphatic hydroxyl groups excluding tert-OH is 5. The molecule has 0 bridgehead atoms. The summed E-state index contributed by atoms with van der Waals surface area (Å²) < 4.78 is 28.3. The smallest absolute Gasteiger partial charge is 0.353 e. The van der Waals surface area contributed by atoms with Crippen molar-refractivity contribution >= 4 is 17.9 Å². The van der Waals surface area contributed by atoms with Crippen molar-refractivity contribution in [2.24, 2.45) is 0 Å². The highest BCUT2D eigenvalue weighted by atomic mass is 16.7. The Morgan fingerprint density at radius 1 is 0.606 bits per heavy atom. The highest BCUT2D eigenvalue weighted by Crippen LogP contribution is 2.40. The minimum atomic E-state index is -2.01. The molecule has 2 aromatic heterocycles. The Hall–Kier alpha value is -7.27. The number of carboxylic acid groups (broad SMARTS) is 2. The molecule has 8 N–H and O–H groups in total. The maximum absolute atomic E-state index is 14.0. The summed E-state index contributed by atoms with van der Waals surface area (Å²) in [5.74, 6) is -4.25. The number of carbonyl (C=O) groups is 3. The molecule has 20 nitrogen and oxygen atoms in total. The third-order valence-corrected chi connectivity index (χ3v) is 10.9. The van der Waals surface area contributed by atoms with Crippen LogP contribution in [0.25, 0.3) is 0 Å². The van der Waals surface area contributed by atoms with Crippen molar-refractivity contribution in [2.75, 3.05) is 7.11 Å². The van der Waals surface area contributed by atoms with Gasteiger partial charge in [-0.2, -0.15) is 9.97 Å². The van der Waals surface area contributed by atoms with Crippen LogP contribution in [0, 0.1) is 13.8 Å². The van der Waals surface area contributed by atoms with E-state index in [4.69, 9.17) is 23.7 Å². The van der Waals surface area contributed by atoms with Gasteiger partial charge in [-0.1, -0.05) is 136 Å². The molecule has 0 aliphatic carbocycles. The molecule has 2 unspecified atom stereocenters. The number of aryl methyl sites for hydroxylation is 2. The van der Waals surface area contributed by atoms with Gasteiger partial charge in [0.15, 0.2) is 17.3 Å². The van der Waals surface area contributed by atoms with Crippen LogP contribution in [0.15, 0.2) is 133 Å². The molecule has 20 heteroatoms. The fraction of sp³-hybridized carbons (Fsp3) is 0.314. The molecule has 1 aliphatic rings. The number of hydrogen-bond acceptors (Lipinski definition) is 18. The molecular formula is C51H58N4O16. The Kier molecular flexibility index (Phi) is 19.9. The number of aromatic nitrogens is 4. The van der Waals surface area contributed by atoms with Gasteiger partial charge < -0.3 is 64.5 Å². The number of carboxylic acids is 2. The van der Waals surface area contributed by atoms with Crippen molar-refractivity contribution in [3.8, 4) is 12.0 Å². The lowest BCUT2D eigenvalue weighted by Gasteiger charge is -2.41. The topological polar surface area (TPSA) is 311 Å². The molecule has 6 aromatic rings. The fourth-order valence-corrected chi connectivity index (χ4v) is 7.66. The van der Waals surface area contributed by atoms with E-state index in [0.717, 1.165) is 0 Å². The average molecular weight is 983 g/mol. The zero-order valence-electron chi connectivity index (χ0n) is 37.3. The number of methoxy groups -OCH3 is 1. The molecule has 4 aromatic carbocycles. The molecule has 1 aliphatic heterocycles. The standard InChI is InChI=1S/C28H30N2O11.C21H20N2O5.2CH4/c1-15-13-18(14-31)30-27(29-15)40-23(25(37)41-26-21(34)19(32)20(33)22(39-26)24(35)36)28(38-2,16-9-5-3-6-10-16)17-11-7-4-8-12-17;1-14-12-17(13-24)23-20(22-14)28-18(19(25)26)21(27,15-8-4-2-5-9-15)16-10-6-3-7-11-16;;/h3-13,19-23,26,31-34H,14H2,1-2H3,(H,35,36);2-12,18,24,27H,13H2,1H3,(H,25,26);2*1H4/t19-,20-,21+,22-,23?,26-;;;/m0.../s1. The van der Waals surface area contributed by atoms with Crippen LogP contribution in [0.4, 0.5) is 0 Å². The van der Waals surface area contributed by atoms with Crippen molar-refractivity contribution in [1.29, 1.82) is 0 Å². The Morgan fingerprint density at radius 2 is 1.00 bits per heavy atom. The van der Waals surface area contributed by atoms with Gasteiger partial charge in [-0.05, 0) is 48.2 Å². The third-order valence-electron chi connectivity index (χ3n) is 10.9. The molecule has 1 fully saturated rings. The highest BCUT2D eigenvalue weighted by Gasteiger charge is 2.54. The van der Waals surface area contributed by atoms with Crippen molar-refractivity contribution < 1.29 is 78.9 Å². The predicted octanol–water partition coefficient (Wildman–Crippen LogP) is 3.37. The second kappa shape index (κ2) is 25.0. The van der Waals surface area contributed by atoms with E-state index in [1.807, 2.05) is 0 Å². The second-order valence-electron chi connectivity index (χ2n) is 15.6. The number of hydrogen-bond donors (Lipinski definition) is 8. The Morgan fingerprint density at radius 3 is 1.37 bits per heavy atom. The Bertz CT molecular complexity index is 2570. The summed E-state index contributed by atoms with van der Waals surface area (Å²) in [6.07, 6.45) is -13.5. The van der Waals surface area contributed by atoms with E-state index in [1.54, 1.807) is 141 Å². The van der Waals surface area contributed by atoms with E-state index in [9.17, 15) is 55.2 Å². The van der Waals surface area contributed by atoms with Crippen molar-refractivity contribution in [1.82, 2.24) is 19.9 Å². The highest BCUT2D eigenvalue weighted by molar-refractivity contribution is 5.79. The quantitative estimate of drug-likeness (QED) is 0.0608. The second-order valence-corrected chi connectivity index (χ2v) is 15.6. The van der Waals surface area contributed by atoms with E-state index in [-0.39, 0.29) is 44.9 Å². The van der Waals surface area contributed by atoms with Gasteiger partial charge in [0.1, 0.15) is 18.3 Å². The van der Waals surface area contributed by atoms with Crippen LogP contribution >= 0.6 is 0 Å². The van der Waals surface area contributed by atoms with Gasteiger partial charge in [0, 0.05) is 18.5 Å². The van der Waals surface area contributed by atoms with E-state index in [0.29, 0.717) is 33.6 Å². The summed E-state index contributed by atoms with van der Waals surface area (Å²) in [4.78, 5) is 54.2. The first-order chi connectivity index (χ1) is 33.1. The third kappa shape index (κ3) is 12.6. The van der Waals surface area contributed by atoms with Gasteiger partial charge in [0.05, 0.1) is 24.6 Å². The lowest BCUT2D eigenvalue weighted by molar-refractivity contribution is -0.289. The minimum Gasteiger partial charge on any atom is -0.479 e. The first kappa shape index (κ1) is 56.3. The maximum Gasteiger partial charge on any atom is 0.353 e. The molecule has 0 radical (unpaired) electrons. The summed E-state index contributed by atoms with van der Waals surface area (Å²) >= 11 is 0. The fourth-order valence-electron chi connectivity index (χ4n) is 7.66. The van der Waals surface area contributed by atoms with Crippen LogP contribution in [0.2, 0.25) is 0 Å². The van der Waals surface area contributed by atoms with Gasteiger partial charge in [0.25, 0.3) is 0 Å². The number of aliphatic carboxylic acids is 2. The van der Waals surface area contributed by atoms with Gasteiger partial charge >= 0.3 is 29.9 Å². The SMILES string of the molecule is C.C.COC(c1ccccc1)(c1ccccc1)C(Oc1nc(C)cc(CO)n1)C(=O)O[C@@H]1O[C@H](C(=O)O)[C@@H](O)[C@H](O)[C@H]1O.Cc1cc(CO)nc(OC(C(=O)O)C(O)(c2ccccc2)c2ccccc2)n1. The van der Waals surface area contributed by atoms with E-state index in [2.05, 4.69) is 19.9 Å². The largest absolute Gasteiger partial charge is 0.479 e. The molecule has 0 spiro atoms. The van der Waals surface area contributed by atoms with Crippen molar-refractivity contribution in [3.05, 3.63) is 178 Å². The predicted molar refractivity (Wildman–Crippen MR) is 252 cm³/mol. The number of ether oxygens (including phenoxy) is 5. The number of nitrogens with zero attached hydrogens (tertiary/aromatic N) is 4. The summed E-state index contributed by atoms with van der Waals surface area (Å²) in [5, 5.41) is 80.7. The van der Waals surface area contributed by atoms with E-state index >= 15 is 0 Å².